The molecular formula is C19H14Cl2FN3O. The summed E-state index contributed by atoms with van der Waals surface area (Å²) < 4.78 is 14.5. The van der Waals surface area contributed by atoms with Gasteiger partial charge >= 0.3 is 0 Å². The Kier molecular flexibility index (Phi) is 5.71. The van der Waals surface area contributed by atoms with Crippen LogP contribution in [0.15, 0.2) is 60.8 Å². The molecule has 1 heterocycles. The Balaban J connectivity index is 1.63. The van der Waals surface area contributed by atoms with Crippen LogP contribution in [0.4, 0.5) is 10.2 Å². The summed E-state index contributed by atoms with van der Waals surface area (Å²) in [6.45, 7) is 0.389. The van der Waals surface area contributed by atoms with Gasteiger partial charge in [0.05, 0.1) is 6.54 Å². The standard InChI is InChI=1S/C19H14Cl2FN3O/c20-16-2-1-3-17(21)15(16)12-25-11-10-18(24-25)23-19(26)9-6-13-4-7-14(22)8-5-13/h1-11H,12H2,(H,23,24,26)/b9-6+. The summed E-state index contributed by atoms with van der Waals surface area (Å²) in [7, 11) is 0. The van der Waals surface area contributed by atoms with Gasteiger partial charge in [0.2, 0.25) is 5.91 Å². The number of carbonyl (C=O) groups excluding carboxylic acids is 1. The van der Waals surface area contributed by atoms with E-state index in [1.54, 1.807) is 53.4 Å². The lowest BCUT2D eigenvalue weighted by atomic mass is 10.2. The number of nitrogens with one attached hydrogen (secondary N) is 1. The lowest BCUT2D eigenvalue weighted by Crippen LogP contribution is -2.09. The Labute approximate surface area is 159 Å². The molecule has 0 bridgehead atoms. The first kappa shape index (κ1) is 18.2. The fraction of sp³-hybridized carbons (Fsp3) is 0.0526. The van der Waals surface area contributed by atoms with Gasteiger partial charge in [0.15, 0.2) is 5.82 Å². The lowest BCUT2D eigenvalue weighted by Gasteiger charge is -2.06. The SMILES string of the molecule is O=C(/C=C/c1ccc(F)cc1)Nc1ccn(Cc2c(Cl)cccc2Cl)n1. The summed E-state index contributed by atoms with van der Waals surface area (Å²) in [4.78, 5) is 12.0. The van der Waals surface area contributed by atoms with Crippen molar-refractivity contribution in [2.24, 2.45) is 0 Å². The number of benzene rings is 2. The zero-order chi connectivity index (χ0) is 18.5. The largest absolute Gasteiger partial charge is 0.306 e. The van der Waals surface area contributed by atoms with Crippen LogP contribution in [0.25, 0.3) is 6.08 Å². The van der Waals surface area contributed by atoms with Crippen molar-refractivity contribution in [3.63, 3.8) is 0 Å². The average molecular weight is 390 g/mol. The molecule has 3 rings (SSSR count). The first-order valence-corrected chi connectivity index (χ1v) is 8.48. The first-order chi connectivity index (χ1) is 12.5. The van der Waals surface area contributed by atoms with E-state index in [0.717, 1.165) is 11.1 Å². The number of rotatable bonds is 5. The smallest absolute Gasteiger partial charge is 0.249 e. The number of hydrogen-bond acceptors (Lipinski definition) is 2. The Morgan fingerprint density at radius 2 is 1.81 bits per heavy atom. The van der Waals surface area contributed by atoms with E-state index in [0.29, 0.717) is 22.4 Å². The van der Waals surface area contributed by atoms with Gasteiger partial charge in [0.1, 0.15) is 5.82 Å². The molecular weight excluding hydrogens is 376 g/mol. The van der Waals surface area contributed by atoms with Gasteiger partial charge in [-0.25, -0.2) is 4.39 Å². The summed E-state index contributed by atoms with van der Waals surface area (Å²) in [5.41, 5.74) is 1.48. The third kappa shape index (κ3) is 4.71. The number of carbonyl (C=O) groups is 1. The van der Waals surface area contributed by atoms with Gasteiger partial charge in [-0.05, 0) is 35.9 Å². The van der Waals surface area contributed by atoms with Gasteiger partial charge in [0.25, 0.3) is 0 Å². The summed E-state index contributed by atoms with van der Waals surface area (Å²) in [6, 6.07) is 12.8. The zero-order valence-corrected chi connectivity index (χ0v) is 15.0. The van der Waals surface area contributed by atoms with Crippen LogP contribution < -0.4 is 5.32 Å². The molecule has 0 saturated heterocycles. The predicted molar refractivity (Wildman–Crippen MR) is 102 cm³/mol. The second-order valence-corrected chi connectivity index (χ2v) is 6.29. The van der Waals surface area contributed by atoms with Gasteiger partial charge in [-0.3, -0.25) is 9.48 Å². The number of anilines is 1. The molecule has 1 aromatic heterocycles. The molecule has 0 radical (unpaired) electrons. The van der Waals surface area contributed by atoms with Gasteiger partial charge in [-0.1, -0.05) is 41.4 Å². The summed E-state index contributed by atoms with van der Waals surface area (Å²) in [5, 5.41) is 8.05. The van der Waals surface area contributed by atoms with E-state index in [1.165, 1.54) is 18.2 Å². The maximum atomic E-state index is 12.9. The van der Waals surface area contributed by atoms with Crippen LogP contribution >= 0.6 is 23.2 Å². The van der Waals surface area contributed by atoms with E-state index < -0.39 is 0 Å². The van der Waals surface area contributed by atoms with Gasteiger partial charge in [-0.2, -0.15) is 5.10 Å². The third-order valence-electron chi connectivity index (χ3n) is 3.57. The minimum Gasteiger partial charge on any atom is -0.306 e. The van der Waals surface area contributed by atoms with Crippen molar-refractivity contribution in [3.8, 4) is 0 Å². The molecule has 0 aliphatic rings. The van der Waals surface area contributed by atoms with E-state index in [-0.39, 0.29) is 11.7 Å². The quantitative estimate of drug-likeness (QED) is 0.622. The molecule has 0 spiro atoms. The minimum absolute atomic E-state index is 0.323. The Morgan fingerprint density at radius 1 is 1.12 bits per heavy atom. The molecule has 3 aromatic rings. The van der Waals surface area contributed by atoms with E-state index in [4.69, 9.17) is 23.2 Å². The normalized spacial score (nSPS) is 11.0. The minimum atomic E-state index is -0.338. The van der Waals surface area contributed by atoms with Crippen molar-refractivity contribution in [2.75, 3.05) is 5.32 Å². The second-order valence-electron chi connectivity index (χ2n) is 5.47. The third-order valence-corrected chi connectivity index (χ3v) is 4.28. The summed E-state index contributed by atoms with van der Waals surface area (Å²) in [5.74, 6) is -0.256. The number of nitrogens with zero attached hydrogens (tertiary/aromatic N) is 2. The monoisotopic (exact) mass is 389 g/mol. The molecule has 0 fully saturated rings. The highest BCUT2D eigenvalue weighted by Crippen LogP contribution is 2.25. The Bertz CT molecular complexity index is 931. The molecule has 0 unspecified atom stereocenters. The van der Waals surface area contributed by atoms with Crippen molar-refractivity contribution < 1.29 is 9.18 Å². The number of amides is 1. The van der Waals surface area contributed by atoms with E-state index in [2.05, 4.69) is 10.4 Å². The topological polar surface area (TPSA) is 46.9 Å². The van der Waals surface area contributed by atoms with Crippen LogP contribution in [0.1, 0.15) is 11.1 Å². The van der Waals surface area contributed by atoms with E-state index in [9.17, 15) is 9.18 Å². The number of aromatic nitrogens is 2. The highest BCUT2D eigenvalue weighted by molar-refractivity contribution is 6.35. The van der Waals surface area contributed by atoms with Crippen LogP contribution in [0, 0.1) is 5.82 Å². The molecule has 0 saturated carbocycles. The molecule has 0 aliphatic heterocycles. The Hall–Kier alpha value is -2.63. The molecule has 1 N–H and O–H groups in total. The van der Waals surface area contributed by atoms with E-state index in [1.807, 2.05) is 0 Å². The van der Waals surface area contributed by atoms with Gasteiger partial charge in [-0.15, -0.1) is 0 Å². The molecule has 0 atom stereocenters. The Morgan fingerprint density at radius 3 is 2.50 bits per heavy atom. The maximum absolute atomic E-state index is 12.9. The molecule has 2 aromatic carbocycles. The van der Waals surface area contributed by atoms with Gasteiger partial charge in [0, 0.05) is 33.9 Å². The average Bonchev–Trinajstić information content (AvgIpc) is 3.05. The van der Waals surface area contributed by atoms with Crippen LogP contribution in [-0.4, -0.2) is 15.7 Å². The molecule has 0 aliphatic carbocycles. The molecule has 7 heteroatoms. The summed E-state index contributed by atoms with van der Waals surface area (Å²) in [6.07, 6.45) is 4.67. The van der Waals surface area contributed by atoms with E-state index >= 15 is 0 Å². The summed E-state index contributed by atoms with van der Waals surface area (Å²) >= 11 is 12.3. The number of halogens is 3. The van der Waals surface area contributed by atoms with Crippen molar-refractivity contribution in [2.45, 2.75) is 6.54 Å². The first-order valence-electron chi connectivity index (χ1n) is 7.72. The molecule has 26 heavy (non-hydrogen) atoms. The fourth-order valence-electron chi connectivity index (χ4n) is 2.28. The molecule has 1 amide bonds. The zero-order valence-electron chi connectivity index (χ0n) is 13.5. The highest BCUT2D eigenvalue weighted by atomic mass is 35.5. The van der Waals surface area contributed by atoms with Crippen molar-refractivity contribution >= 4 is 41.0 Å². The highest BCUT2D eigenvalue weighted by Gasteiger charge is 2.08. The van der Waals surface area contributed by atoms with Crippen LogP contribution in [0.2, 0.25) is 10.0 Å². The molecule has 132 valence electrons. The fourth-order valence-corrected chi connectivity index (χ4v) is 2.79. The van der Waals surface area contributed by atoms with Crippen molar-refractivity contribution in [1.82, 2.24) is 9.78 Å². The van der Waals surface area contributed by atoms with Gasteiger partial charge < -0.3 is 5.32 Å². The second kappa shape index (κ2) is 8.17. The van der Waals surface area contributed by atoms with Crippen LogP contribution in [0.3, 0.4) is 0 Å². The number of hydrogen-bond donors (Lipinski definition) is 1. The van der Waals surface area contributed by atoms with Crippen molar-refractivity contribution in [1.29, 1.82) is 0 Å². The van der Waals surface area contributed by atoms with Crippen LogP contribution in [-0.2, 0) is 11.3 Å². The van der Waals surface area contributed by atoms with Crippen molar-refractivity contribution in [3.05, 3.63) is 87.8 Å². The molecule has 4 nitrogen and oxygen atoms in total. The lowest BCUT2D eigenvalue weighted by molar-refractivity contribution is -0.111. The predicted octanol–water partition coefficient (Wildman–Crippen LogP) is 5.03. The maximum Gasteiger partial charge on any atom is 0.249 e. The van der Waals surface area contributed by atoms with Crippen LogP contribution in [0.5, 0.6) is 0 Å².